The third-order valence-electron chi connectivity index (χ3n) is 3.64. The van der Waals surface area contributed by atoms with Gasteiger partial charge < -0.3 is 14.2 Å². The van der Waals surface area contributed by atoms with Gasteiger partial charge >= 0.3 is 0 Å². The first-order valence-corrected chi connectivity index (χ1v) is 9.23. The van der Waals surface area contributed by atoms with Gasteiger partial charge in [-0.15, -0.1) is 0 Å². The first-order chi connectivity index (χ1) is 11.8. The molecule has 0 radical (unpaired) electrons. The summed E-state index contributed by atoms with van der Waals surface area (Å²) in [6.45, 7) is 1.87. The highest BCUT2D eigenvalue weighted by molar-refractivity contribution is 7.89. The van der Waals surface area contributed by atoms with Crippen LogP contribution in [-0.4, -0.2) is 29.7 Å². The average molecular weight is 386 g/mol. The Morgan fingerprint density at radius 2 is 1.60 bits per heavy atom. The molecule has 0 fully saturated rings. The lowest BCUT2D eigenvalue weighted by Gasteiger charge is -2.14. The van der Waals surface area contributed by atoms with E-state index in [0.29, 0.717) is 27.8 Å². The molecule has 0 saturated carbocycles. The van der Waals surface area contributed by atoms with Gasteiger partial charge in [0.15, 0.2) is 11.5 Å². The van der Waals surface area contributed by atoms with Crippen LogP contribution in [0.2, 0.25) is 5.02 Å². The molecule has 0 saturated heterocycles. The number of nitrogens with one attached hydrogen (secondary N) is 1. The molecule has 0 aliphatic heterocycles. The molecule has 0 amide bonds. The first-order valence-electron chi connectivity index (χ1n) is 7.37. The predicted molar refractivity (Wildman–Crippen MR) is 96.3 cm³/mol. The lowest BCUT2D eigenvalue weighted by Crippen LogP contribution is -2.23. The Labute approximate surface area is 152 Å². The van der Waals surface area contributed by atoms with Gasteiger partial charge in [-0.05, 0) is 42.3 Å². The normalized spacial score (nSPS) is 11.2. The van der Waals surface area contributed by atoms with Crippen molar-refractivity contribution in [2.45, 2.75) is 18.4 Å². The largest absolute Gasteiger partial charge is 0.493 e. The summed E-state index contributed by atoms with van der Waals surface area (Å²) in [6, 6.07) is 7.97. The van der Waals surface area contributed by atoms with Crippen molar-refractivity contribution < 1.29 is 22.6 Å². The minimum Gasteiger partial charge on any atom is -0.493 e. The summed E-state index contributed by atoms with van der Waals surface area (Å²) < 4.78 is 43.2. The Kier molecular flexibility index (Phi) is 6.16. The van der Waals surface area contributed by atoms with Gasteiger partial charge in [0.25, 0.3) is 0 Å². The van der Waals surface area contributed by atoms with E-state index in [1.54, 1.807) is 18.2 Å². The molecule has 6 nitrogen and oxygen atoms in total. The van der Waals surface area contributed by atoms with Crippen molar-refractivity contribution in [2.75, 3.05) is 21.3 Å². The molecule has 2 rings (SSSR count). The van der Waals surface area contributed by atoms with Crippen LogP contribution in [0, 0.1) is 6.92 Å². The molecule has 136 valence electrons. The summed E-state index contributed by atoms with van der Waals surface area (Å²) in [7, 11) is 0.803. The van der Waals surface area contributed by atoms with Crippen LogP contribution < -0.4 is 18.9 Å². The maximum absolute atomic E-state index is 12.4. The van der Waals surface area contributed by atoms with Crippen LogP contribution in [0.4, 0.5) is 0 Å². The molecular weight excluding hydrogens is 366 g/mol. The van der Waals surface area contributed by atoms with Crippen LogP contribution in [0.3, 0.4) is 0 Å². The highest BCUT2D eigenvalue weighted by Crippen LogP contribution is 2.38. The highest BCUT2D eigenvalue weighted by Gasteiger charge is 2.17. The van der Waals surface area contributed by atoms with Crippen LogP contribution in [0.25, 0.3) is 0 Å². The van der Waals surface area contributed by atoms with Gasteiger partial charge in [-0.25, -0.2) is 13.1 Å². The second-order valence-electron chi connectivity index (χ2n) is 5.27. The van der Waals surface area contributed by atoms with E-state index in [2.05, 4.69) is 4.72 Å². The molecule has 0 unspecified atom stereocenters. The molecule has 0 aliphatic carbocycles. The van der Waals surface area contributed by atoms with Crippen LogP contribution in [0.5, 0.6) is 17.2 Å². The second-order valence-corrected chi connectivity index (χ2v) is 7.44. The summed E-state index contributed by atoms with van der Waals surface area (Å²) in [6.07, 6.45) is 0. The summed E-state index contributed by atoms with van der Waals surface area (Å²) in [5.74, 6) is 1.35. The number of hydrogen-bond acceptors (Lipinski definition) is 5. The highest BCUT2D eigenvalue weighted by atomic mass is 35.5. The minimum atomic E-state index is -3.70. The average Bonchev–Trinajstić information content (AvgIpc) is 2.61. The van der Waals surface area contributed by atoms with Crippen molar-refractivity contribution in [3.05, 3.63) is 46.5 Å². The molecule has 0 heterocycles. The Balaban J connectivity index is 2.26. The van der Waals surface area contributed by atoms with Gasteiger partial charge in [0.05, 0.1) is 26.2 Å². The molecule has 8 heteroatoms. The number of rotatable bonds is 7. The fourth-order valence-electron chi connectivity index (χ4n) is 2.24. The molecule has 0 bridgehead atoms. The molecule has 2 aromatic rings. The van der Waals surface area contributed by atoms with E-state index in [-0.39, 0.29) is 11.4 Å². The van der Waals surface area contributed by atoms with E-state index in [9.17, 15) is 8.42 Å². The fraction of sp³-hybridized carbons (Fsp3) is 0.294. The van der Waals surface area contributed by atoms with Crippen molar-refractivity contribution in [3.63, 3.8) is 0 Å². The van der Waals surface area contributed by atoms with E-state index < -0.39 is 10.0 Å². The Bertz CT molecular complexity index is 842. The number of benzene rings is 2. The van der Waals surface area contributed by atoms with Gasteiger partial charge in [-0.1, -0.05) is 17.7 Å². The van der Waals surface area contributed by atoms with Crippen LogP contribution in [0.1, 0.15) is 11.1 Å². The van der Waals surface area contributed by atoms with Gasteiger partial charge in [0.2, 0.25) is 15.8 Å². The summed E-state index contributed by atoms with van der Waals surface area (Å²) in [5, 5.41) is 0.399. The summed E-state index contributed by atoms with van der Waals surface area (Å²) >= 11 is 6.01. The zero-order valence-corrected chi connectivity index (χ0v) is 16.0. The lowest BCUT2D eigenvalue weighted by atomic mass is 10.2. The van der Waals surface area contributed by atoms with E-state index in [1.807, 2.05) is 6.92 Å². The SMILES string of the molecule is COc1cc(CNS(=O)(=O)c2ccc(C)c(Cl)c2)cc(OC)c1OC. The number of methoxy groups -OCH3 is 3. The van der Waals surface area contributed by atoms with Gasteiger partial charge in [0, 0.05) is 11.6 Å². The van der Waals surface area contributed by atoms with Crippen molar-refractivity contribution in [1.29, 1.82) is 0 Å². The third-order valence-corrected chi connectivity index (χ3v) is 5.45. The Morgan fingerprint density at radius 1 is 1.00 bits per heavy atom. The Hall–Kier alpha value is -1.96. The zero-order chi connectivity index (χ0) is 18.6. The number of hydrogen-bond donors (Lipinski definition) is 1. The lowest BCUT2D eigenvalue weighted by molar-refractivity contribution is 0.323. The third kappa shape index (κ3) is 4.36. The van der Waals surface area contributed by atoms with Crippen molar-refractivity contribution in [2.24, 2.45) is 0 Å². The van der Waals surface area contributed by atoms with Gasteiger partial charge in [-0.3, -0.25) is 0 Å². The van der Waals surface area contributed by atoms with Crippen molar-refractivity contribution in [3.8, 4) is 17.2 Å². The first kappa shape index (κ1) is 19.4. The zero-order valence-electron chi connectivity index (χ0n) is 14.4. The van der Waals surface area contributed by atoms with Crippen LogP contribution in [-0.2, 0) is 16.6 Å². The molecular formula is C17H20ClNO5S. The maximum atomic E-state index is 12.4. The predicted octanol–water partition coefficient (Wildman–Crippen LogP) is 3.15. The monoisotopic (exact) mass is 385 g/mol. The van der Waals surface area contributed by atoms with Crippen molar-refractivity contribution in [1.82, 2.24) is 4.72 Å². The van der Waals surface area contributed by atoms with E-state index >= 15 is 0 Å². The minimum absolute atomic E-state index is 0.0601. The van der Waals surface area contributed by atoms with Crippen LogP contribution in [0.15, 0.2) is 35.2 Å². The molecule has 0 spiro atoms. The molecule has 25 heavy (non-hydrogen) atoms. The molecule has 0 atom stereocenters. The Morgan fingerprint density at radius 3 is 2.08 bits per heavy atom. The standard InChI is InChI=1S/C17H20ClNO5S/c1-11-5-6-13(9-14(11)18)25(20,21)19-10-12-7-15(22-2)17(24-4)16(8-12)23-3/h5-9,19H,10H2,1-4H3. The number of aryl methyl sites for hydroxylation is 1. The molecule has 0 aliphatic rings. The number of ether oxygens (including phenoxy) is 3. The smallest absolute Gasteiger partial charge is 0.240 e. The topological polar surface area (TPSA) is 73.9 Å². The quantitative estimate of drug-likeness (QED) is 0.792. The molecule has 2 aromatic carbocycles. The molecule has 0 aromatic heterocycles. The van der Waals surface area contributed by atoms with E-state index in [4.69, 9.17) is 25.8 Å². The number of sulfonamides is 1. The van der Waals surface area contributed by atoms with Crippen LogP contribution >= 0.6 is 11.6 Å². The maximum Gasteiger partial charge on any atom is 0.240 e. The summed E-state index contributed by atoms with van der Waals surface area (Å²) in [5.41, 5.74) is 1.47. The summed E-state index contributed by atoms with van der Waals surface area (Å²) in [4.78, 5) is 0.107. The van der Waals surface area contributed by atoms with Crippen molar-refractivity contribution >= 4 is 21.6 Å². The fourth-order valence-corrected chi connectivity index (χ4v) is 3.53. The molecule has 1 N–H and O–H groups in total. The van der Waals surface area contributed by atoms with E-state index in [0.717, 1.165) is 5.56 Å². The van der Waals surface area contributed by atoms with Gasteiger partial charge in [-0.2, -0.15) is 0 Å². The van der Waals surface area contributed by atoms with Gasteiger partial charge in [0.1, 0.15) is 0 Å². The second kappa shape index (κ2) is 7.95. The number of halogens is 1. The van der Waals surface area contributed by atoms with E-state index in [1.165, 1.54) is 33.5 Å².